The summed E-state index contributed by atoms with van der Waals surface area (Å²) in [5, 5.41) is 11.6. The zero-order valence-corrected chi connectivity index (χ0v) is 15.6. The monoisotopic (exact) mass is 386 g/mol. The van der Waals surface area contributed by atoms with Gasteiger partial charge < -0.3 is 9.73 Å². The lowest BCUT2D eigenvalue weighted by molar-refractivity contribution is -0.120. The van der Waals surface area contributed by atoms with Gasteiger partial charge in [-0.1, -0.05) is 23.9 Å². The van der Waals surface area contributed by atoms with Gasteiger partial charge in [0.15, 0.2) is 16.7 Å². The lowest BCUT2D eigenvalue weighted by Crippen LogP contribution is -2.30. The van der Waals surface area contributed by atoms with Crippen molar-refractivity contribution in [2.45, 2.75) is 42.8 Å². The second kappa shape index (κ2) is 7.56. The molecule has 4 rings (SSSR count). The lowest BCUT2D eigenvalue weighted by Gasteiger charge is -2.17. The molecule has 6 nitrogen and oxygen atoms in total. The summed E-state index contributed by atoms with van der Waals surface area (Å²) in [6, 6.07) is 9.87. The molecule has 1 aliphatic carbocycles. The minimum Gasteiger partial charge on any atom is -0.461 e. The summed E-state index contributed by atoms with van der Waals surface area (Å²) in [5.74, 6) is 0.809. The highest BCUT2D eigenvalue weighted by Crippen LogP contribution is 2.37. The number of hydrogen-bond acceptors (Lipinski definition) is 5. The van der Waals surface area contributed by atoms with E-state index in [0.717, 1.165) is 18.4 Å². The first-order chi connectivity index (χ1) is 13.2. The number of aromatic nitrogens is 3. The molecular weight excluding hydrogens is 367 g/mol. The van der Waals surface area contributed by atoms with E-state index in [-0.39, 0.29) is 17.8 Å². The van der Waals surface area contributed by atoms with E-state index in [0.29, 0.717) is 23.3 Å². The maximum Gasteiger partial charge on any atom is 0.238 e. The molecule has 1 amide bonds. The van der Waals surface area contributed by atoms with Gasteiger partial charge in [0.1, 0.15) is 11.1 Å². The highest BCUT2D eigenvalue weighted by atomic mass is 32.2. The third kappa shape index (κ3) is 3.90. The van der Waals surface area contributed by atoms with Gasteiger partial charge in [0.2, 0.25) is 5.91 Å². The quantitative estimate of drug-likeness (QED) is 0.625. The van der Waals surface area contributed by atoms with Gasteiger partial charge in [-0.15, -0.1) is 10.2 Å². The predicted molar refractivity (Wildman–Crippen MR) is 99.6 cm³/mol. The molecule has 0 radical (unpaired) electrons. The fourth-order valence-corrected chi connectivity index (χ4v) is 3.88. The lowest BCUT2D eigenvalue weighted by atomic mass is 10.1. The van der Waals surface area contributed by atoms with Crippen molar-refractivity contribution in [1.29, 1.82) is 0 Å². The van der Waals surface area contributed by atoms with Crippen LogP contribution in [0.1, 0.15) is 30.6 Å². The van der Waals surface area contributed by atoms with Crippen LogP contribution in [0.15, 0.2) is 52.2 Å². The van der Waals surface area contributed by atoms with Crippen molar-refractivity contribution in [2.75, 3.05) is 0 Å². The van der Waals surface area contributed by atoms with E-state index in [4.69, 9.17) is 4.42 Å². The van der Waals surface area contributed by atoms with Crippen molar-refractivity contribution < 1.29 is 13.6 Å². The minimum atomic E-state index is -0.537. The summed E-state index contributed by atoms with van der Waals surface area (Å²) >= 11 is 1.31. The van der Waals surface area contributed by atoms with E-state index in [2.05, 4.69) is 15.5 Å². The van der Waals surface area contributed by atoms with Crippen LogP contribution in [0.25, 0.3) is 11.6 Å². The first-order valence-electron chi connectivity index (χ1n) is 8.85. The Hall–Kier alpha value is -2.61. The summed E-state index contributed by atoms with van der Waals surface area (Å²) in [6.45, 7) is 2.61. The van der Waals surface area contributed by atoms with E-state index in [1.807, 2.05) is 17.6 Å². The molecule has 3 aromatic rings. The predicted octanol–water partition coefficient (Wildman–Crippen LogP) is 3.81. The number of nitrogens with zero attached hydrogens (tertiary/aromatic N) is 3. The molecule has 8 heteroatoms. The average Bonchev–Trinajstić information content (AvgIpc) is 3.17. The second-order valence-electron chi connectivity index (χ2n) is 6.36. The second-order valence-corrected chi connectivity index (χ2v) is 7.43. The Morgan fingerprint density at radius 1 is 1.33 bits per heavy atom. The van der Waals surface area contributed by atoms with Crippen molar-refractivity contribution in [2.24, 2.45) is 0 Å². The molecule has 2 heterocycles. The standard InChI is InChI=1S/C19H19FN4O2S/c1-2-24-17(15-4-3-11-26-15)22-23-19(24)27-16(18(25)21-14-9-10-14)12-5-7-13(20)8-6-12/h3-8,11,14,16H,2,9-10H2,1H3,(H,21,25). The van der Waals surface area contributed by atoms with Gasteiger partial charge in [0.05, 0.1) is 6.26 Å². The molecule has 140 valence electrons. The zero-order chi connectivity index (χ0) is 18.8. The number of carbonyl (C=O) groups excluding carboxylic acids is 1. The molecule has 1 fully saturated rings. The number of hydrogen-bond donors (Lipinski definition) is 1. The third-order valence-electron chi connectivity index (χ3n) is 4.33. The molecule has 1 saturated carbocycles. The first-order valence-corrected chi connectivity index (χ1v) is 9.73. The Kier molecular flexibility index (Phi) is 4.98. The molecular formula is C19H19FN4O2S. The summed E-state index contributed by atoms with van der Waals surface area (Å²) in [7, 11) is 0. The Labute approximate surface area is 160 Å². The molecule has 1 aromatic carbocycles. The molecule has 1 aliphatic rings. The van der Waals surface area contributed by atoms with Crippen molar-refractivity contribution >= 4 is 17.7 Å². The Morgan fingerprint density at radius 3 is 2.74 bits per heavy atom. The van der Waals surface area contributed by atoms with Gasteiger partial charge in [0, 0.05) is 12.6 Å². The first kappa shape index (κ1) is 17.8. The van der Waals surface area contributed by atoms with Crippen molar-refractivity contribution in [1.82, 2.24) is 20.1 Å². The Morgan fingerprint density at radius 2 is 2.11 bits per heavy atom. The van der Waals surface area contributed by atoms with Gasteiger partial charge in [-0.25, -0.2) is 4.39 Å². The van der Waals surface area contributed by atoms with Crippen LogP contribution in [0, 0.1) is 5.82 Å². The largest absolute Gasteiger partial charge is 0.461 e. The number of benzene rings is 1. The van der Waals surface area contributed by atoms with Gasteiger partial charge in [-0.3, -0.25) is 9.36 Å². The molecule has 1 unspecified atom stereocenters. The summed E-state index contributed by atoms with van der Waals surface area (Å²) in [6.07, 6.45) is 3.59. The van der Waals surface area contributed by atoms with E-state index in [9.17, 15) is 9.18 Å². The number of nitrogens with one attached hydrogen (secondary N) is 1. The molecule has 1 atom stereocenters. The van der Waals surface area contributed by atoms with Crippen molar-refractivity contribution in [3.05, 3.63) is 54.0 Å². The van der Waals surface area contributed by atoms with Crippen LogP contribution in [0.5, 0.6) is 0 Å². The fraction of sp³-hybridized carbons (Fsp3) is 0.316. The van der Waals surface area contributed by atoms with Crippen LogP contribution in [0.4, 0.5) is 4.39 Å². The molecule has 2 aromatic heterocycles. The van der Waals surface area contributed by atoms with Crippen LogP contribution in [-0.4, -0.2) is 26.7 Å². The molecule has 0 bridgehead atoms. The van der Waals surface area contributed by atoms with E-state index < -0.39 is 5.25 Å². The van der Waals surface area contributed by atoms with Crippen LogP contribution in [-0.2, 0) is 11.3 Å². The molecule has 0 spiro atoms. The number of furan rings is 1. The van der Waals surface area contributed by atoms with Gasteiger partial charge in [-0.2, -0.15) is 0 Å². The van der Waals surface area contributed by atoms with Gasteiger partial charge >= 0.3 is 0 Å². The SMILES string of the molecule is CCn1c(SC(C(=O)NC2CC2)c2ccc(F)cc2)nnc1-c1ccco1. The van der Waals surface area contributed by atoms with Crippen LogP contribution in [0.3, 0.4) is 0 Å². The number of rotatable bonds is 7. The number of halogens is 1. The van der Waals surface area contributed by atoms with E-state index >= 15 is 0 Å². The number of thioether (sulfide) groups is 1. The Bertz CT molecular complexity index is 920. The average molecular weight is 386 g/mol. The number of carbonyl (C=O) groups is 1. The maximum absolute atomic E-state index is 13.3. The highest BCUT2D eigenvalue weighted by Gasteiger charge is 2.31. The smallest absolute Gasteiger partial charge is 0.238 e. The summed E-state index contributed by atoms with van der Waals surface area (Å²) < 4.78 is 20.7. The third-order valence-corrected chi connectivity index (χ3v) is 5.57. The summed E-state index contributed by atoms with van der Waals surface area (Å²) in [5.41, 5.74) is 0.727. The van der Waals surface area contributed by atoms with E-state index in [1.165, 1.54) is 23.9 Å². The highest BCUT2D eigenvalue weighted by molar-refractivity contribution is 8.00. The molecule has 27 heavy (non-hydrogen) atoms. The number of amides is 1. The van der Waals surface area contributed by atoms with Gasteiger partial charge in [0.25, 0.3) is 0 Å². The van der Waals surface area contributed by atoms with Crippen LogP contribution >= 0.6 is 11.8 Å². The molecule has 1 N–H and O–H groups in total. The molecule has 0 aliphatic heterocycles. The zero-order valence-electron chi connectivity index (χ0n) is 14.8. The molecule has 0 saturated heterocycles. The van der Waals surface area contributed by atoms with Crippen molar-refractivity contribution in [3.8, 4) is 11.6 Å². The minimum absolute atomic E-state index is 0.0979. The fourth-order valence-electron chi connectivity index (χ4n) is 2.77. The van der Waals surface area contributed by atoms with Crippen LogP contribution < -0.4 is 5.32 Å². The Balaban J connectivity index is 1.65. The van der Waals surface area contributed by atoms with Crippen molar-refractivity contribution in [3.63, 3.8) is 0 Å². The van der Waals surface area contributed by atoms with Gasteiger partial charge in [-0.05, 0) is 49.6 Å². The van der Waals surface area contributed by atoms with Crippen LogP contribution in [0.2, 0.25) is 0 Å². The maximum atomic E-state index is 13.3. The normalized spacial score (nSPS) is 14.9. The summed E-state index contributed by atoms with van der Waals surface area (Å²) in [4.78, 5) is 12.8. The van der Waals surface area contributed by atoms with E-state index in [1.54, 1.807) is 24.5 Å². The topological polar surface area (TPSA) is 73.0 Å².